The Morgan fingerprint density at radius 1 is 1.24 bits per heavy atom. The van der Waals surface area contributed by atoms with Gasteiger partial charge in [0.1, 0.15) is 0 Å². The summed E-state index contributed by atoms with van der Waals surface area (Å²) in [4.78, 5) is 5.51. The Kier molecular flexibility index (Phi) is 9.96. The Bertz CT molecular complexity index is 655. The second kappa shape index (κ2) is 11.4. The van der Waals surface area contributed by atoms with Gasteiger partial charge in [-0.3, -0.25) is 4.99 Å². The predicted molar refractivity (Wildman–Crippen MR) is 116 cm³/mol. The third-order valence-electron chi connectivity index (χ3n) is 3.51. The number of halogens is 1. The first-order valence-electron chi connectivity index (χ1n) is 8.18. The monoisotopic (exact) mass is 474 g/mol. The number of aromatic nitrogens is 1. The van der Waals surface area contributed by atoms with Crippen molar-refractivity contribution in [3.05, 3.63) is 47.3 Å². The van der Waals surface area contributed by atoms with E-state index in [0.717, 1.165) is 29.7 Å². The molecule has 2 rings (SSSR count). The first kappa shape index (κ1) is 21.8. The van der Waals surface area contributed by atoms with E-state index in [9.17, 15) is 0 Å². The molecular weight excluding hydrogens is 447 g/mol. The van der Waals surface area contributed by atoms with E-state index in [0.29, 0.717) is 12.5 Å². The maximum Gasteiger partial charge on any atom is 0.191 e. The summed E-state index contributed by atoms with van der Waals surface area (Å²) in [6, 6.07) is 10.6. The lowest BCUT2D eigenvalue weighted by molar-refractivity contribution is 0.372. The quantitative estimate of drug-likeness (QED) is 0.207. The Morgan fingerprint density at radius 3 is 2.56 bits per heavy atom. The summed E-state index contributed by atoms with van der Waals surface area (Å²) < 4.78 is 5.31. The second-order valence-electron chi connectivity index (χ2n) is 5.89. The molecule has 0 aliphatic heterocycles. The van der Waals surface area contributed by atoms with E-state index in [1.165, 1.54) is 10.5 Å². The Balaban J connectivity index is 0.00000312. The normalized spacial score (nSPS) is 11.3. The summed E-state index contributed by atoms with van der Waals surface area (Å²) in [7, 11) is 1.77. The predicted octanol–water partition coefficient (Wildman–Crippen LogP) is 4.18. The second-order valence-corrected chi connectivity index (χ2v) is 7.06. The fourth-order valence-electron chi connectivity index (χ4n) is 2.05. The van der Waals surface area contributed by atoms with Gasteiger partial charge in [0.2, 0.25) is 0 Å². The van der Waals surface area contributed by atoms with Gasteiger partial charge in [-0.1, -0.05) is 36.7 Å². The van der Waals surface area contributed by atoms with E-state index in [4.69, 9.17) is 4.52 Å². The van der Waals surface area contributed by atoms with Gasteiger partial charge in [0.15, 0.2) is 11.7 Å². The number of rotatable bonds is 7. The van der Waals surface area contributed by atoms with Crippen LogP contribution in [0.3, 0.4) is 0 Å². The molecule has 1 heterocycles. The number of thioether (sulfide) groups is 1. The highest BCUT2D eigenvalue weighted by Crippen LogP contribution is 2.17. The van der Waals surface area contributed by atoms with Gasteiger partial charge < -0.3 is 15.2 Å². The van der Waals surface area contributed by atoms with Crippen molar-refractivity contribution >= 4 is 41.7 Å². The molecule has 1 aromatic carbocycles. The molecule has 0 radical (unpaired) electrons. The van der Waals surface area contributed by atoms with Gasteiger partial charge in [-0.05, 0) is 25.0 Å². The summed E-state index contributed by atoms with van der Waals surface area (Å²) in [6.07, 6.45) is 0. The van der Waals surface area contributed by atoms with Crippen molar-refractivity contribution in [2.24, 2.45) is 4.99 Å². The van der Waals surface area contributed by atoms with Crippen molar-refractivity contribution in [1.82, 2.24) is 15.8 Å². The first-order chi connectivity index (χ1) is 11.6. The smallest absolute Gasteiger partial charge is 0.191 e. The molecule has 0 unspecified atom stereocenters. The molecule has 0 aliphatic rings. The summed E-state index contributed by atoms with van der Waals surface area (Å²) in [5, 5.41) is 10.6. The molecule has 0 atom stereocenters. The molecule has 7 heteroatoms. The topological polar surface area (TPSA) is 62.5 Å². The number of nitrogens with zero attached hydrogens (tertiary/aromatic N) is 2. The first-order valence-corrected chi connectivity index (χ1v) is 9.16. The zero-order valence-electron chi connectivity index (χ0n) is 15.2. The van der Waals surface area contributed by atoms with Crippen LogP contribution in [-0.2, 0) is 6.54 Å². The lowest BCUT2D eigenvalue weighted by Crippen LogP contribution is -2.37. The molecule has 0 bridgehead atoms. The van der Waals surface area contributed by atoms with Gasteiger partial charge in [0.25, 0.3) is 0 Å². The number of nitrogens with one attached hydrogen (secondary N) is 2. The number of benzene rings is 1. The van der Waals surface area contributed by atoms with Crippen molar-refractivity contribution in [2.75, 3.05) is 19.3 Å². The lowest BCUT2D eigenvalue weighted by Gasteiger charge is -2.10. The number of hydrogen-bond donors (Lipinski definition) is 2. The lowest BCUT2D eigenvalue weighted by atomic mass is 10.1. The van der Waals surface area contributed by atoms with Crippen LogP contribution in [0.25, 0.3) is 0 Å². The summed E-state index contributed by atoms with van der Waals surface area (Å²) in [5.41, 5.74) is 2.26. The average Bonchev–Trinajstić information content (AvgIpc) is 3.05. The molecule has 25 heavy (non-hydrogen) atoms. The molecule has 2 aromatic rings. The molecule has 0 fully saturated rings. The zero-order valence-corrected chi connectivity index (χ0v) is 18.4. The van der Waals surface area contributed by atoms with Crippen LogP contribution >= 0.6 is 35.7 Å². The molecule has 0 aliphatic carbocycles. The standard InChI is InChI=1S/C18H26N4OS.HI/c1-13(2)17-11-15(23-22-17)12-21-18(19-4)20-9-10-24-16-7-5-14(3)6-8-16;/h5-8,11,13H,9-10,12H2,1-4H3,(H2,19,20,21);1H. The Labute approximate surface area is 171 Å². The van der Waals surface area contributed by atoms with Crippen LogP contribution in [-0.4, -0.2) is 30.5 Å². The van der Waals surface area contributed by atoms with Gasteiger partial charge in [-0.25, -0.2) is 0 Å². The molecule has 2 N–H and O–H groups in total. The minimum absolute atomic E-state index is 0. The minimum atomic E-state index is 0. The van der Waals surface area contributed by atoms with E-state index in [2.05, 4.69) is 65.8 Å². The molecular formula is C18H27IN4OS. The van der Waals surface area contributed by atoms with E-state index >= 15 is 0 Å². The van der Waals surface area contributed by atoms with Crippen molar-refractivity contribution in [2.45, 2.75) is 38.1 Å². The molecule has 1 aromatic heterocycles. The summed E-state index contributed by atoms with van der Waals surface area (Å²) >= 11 is 1.83. The highest BCUT2D eigenvalue weighted by atomic mass is 127. The van der Waals surface area contributed by atoms with Crippen molar-refractivity contribution in [1.29, 1.82) is 0 Å². The summed E-state index contributed by atoms with van der Waals surface area (Å²) in [6.45, 7) is 7.71. The van der Waals surface area contributed by atoms with Gasteiger partial charge in [0, 0.05) is 30.3 Å². The number of guanidine groups is 1. The largest absolute Gasteiger partial charge is 0.359 e. The Morgan fingerprint density at radius 2 is 1.96 bits per heavy atom. The van der Waals surface area contributed by atoms with E-state index in [1.807, 2.05) is 17.8 Å². The SMILES string of the molecule is CN=C(NCCSc1ccc(C)cc1)NCc1cc(C(C)C)no1.I. The maximum atomic E-state index is 5.31. The van der Waals surface area contributed by atoms with Crippen molar-refractivity contribution < 1.29 is 4.52 Å². The van der Waals surface area contributed by atoms with E-state index in [-0.39, 0.29) is 24.0 Å². The van der Waals surface area contributed by atoms with E-state index in [1.54, 1.807) is 7.05 Å². The highest BCUT2D eigenvalue weighted by molar-refractivity contribution is 14.0. The van der Waals surface area contributed by atoms with E-state index < -0.39 is 0 Å². The van der Waals surface area contributed by atoms with Crippen LogP contribution in [0.15, 0.2) is 44.7 Å². The number of aliphatic imine (C=N–C) groups is 1. The molecule has 138 valence electrons. The van der Waals surface area contributed by atoms with Crippen LogP contribution < -0.4 is 10.6 Å². The van der Waals surface area contributed by atoms with Crippen LogP contribution in [0.2, 0.25) is 0 Å². The van der Waals surface area contributed by atoms with Crippen LogP contribution in [0, 0.1) is 6.92 Å². The third-order valence-corrected chi connectivity index (χ3v) is 4.52. The average molecular weight is 474 g/mol. The van der Waals surface area contributed by atoms with Gasteiger partial charge in [-0.2, -0.15) is 0 Å². The molecule has 0 amide bonds. The Hall–Kier alpha value is -1.22. The fourth-order valence-corrected chi connectivity index (χ4v) is 2.82. The molecule has 0 saturated carbocycles. The third kappa shape index (κ3) is 7.68. The summed E-state index contributed by atoms with van der Waals surface area (Å²) in [5.74, 6) is 2.93. The van der Waals surface area contributed by atoms with Crippen molar-refractivity contribution in [3.8, 4) is 0 Å². The van der Waals surface area contributed by atoms with Crippen LogP contribution in [0.4, 0.5) is 0 Å². The molecule has 5 nitrogen and oxygen atoms in total. The number of hydrogen-bond acceptors (Lipinski definition) is 4. The molecule has 0 saturated heterocycles. The number of aryl methyl sites for hydroxylation is 1. The maximum absolute atomic E-state index is 5.31. The zero-order chi connectivity index (χ0) is 17.4. The molecule has 0 spiro atoms. The van der Waals surface area contributed by atoms with Crippen LogP contribution in [0.5, 0.6) is 0 Å². The minimum Gasteiger partial charge on any atom is -0.359 e. The van der Waals surface area contributed by atoms with Crippen LogP contribution in [0.1, 0.15) is 36.8 Å². The fraction of sp³-hybridized carbons (Fsp3) is 0.444. The highest BCUT2D eigenvalue weighted by Gasteiger charge is 2.08. The van der Waals surface area contributed by atoms with Crippen molar-refractivity contribution in [3.63, 3.8) is 0 Å². The van der Waals surface area contributed by atoms with Gasteiger partial charge >= 0.3 is 0 Å². The van der Waals surface area contributed by atoms with Gasteiger partial charge in [0.05, 0.1) is 12.2 Å². The van der Waals surface area contributed by atoms with Gasteiger partial charge in [-0.15, -0.1) is 35.7 Å².